The molecule has 2 heterocycles. The molecule has 1 fully saturated rings. The molecule has 178 valence electrons. The van der Waals surface area contributed by atoms with Crippen LogP contribution >= 0.6 is 35.3 Å². The molecule has 31 heavy (non-hydrogen) atoms. The van der Waals surface area contributed by atoms with Gasteiger partial charge in [-0.2, -0.15) is 13.2 Å². The number of carbonyl (C=O) groups excluding carboxylic acids is 1. The van der Waals surface area contributed by atoms with E-state index in [0.29, 0.717) is 30.5 Å². The van der Waals surface area contributed by atoms with Crippen molar-refractivity contribution in [3.8, 4) is 0 Å². The van der Waals surface area contributed by atoms with Gasteiger partial charge in [0.2, 0.25) is 5.91 Å². The average molecular weight is 575 g/mol. The molecule has 0 spiro atoms. The van der Waals surface area contributed by atoms with Gasteiger partial charge in [0.15, 0.2) is 11.7 Å². The molecule has 0 bridgehead atoms. The van der Waals surface area contributed by atoms with Crippen LogP contribution in [0.2, 0.25) is 0 Å². The number of hydrogen-bond acceptors (Lipinski definition) is 4. The number of carbonyl (C=O) groups is 1. The van der Waals surface area contributed by atoms with Gasteiger partial charge in [0.1, 0.15) is 0 Å². The van der Waals surface area contributed by atoms with Crippen LogP contribution < -0.4 is 10.6 Å². The van der Waals surface area contributed by atoms with Gasteiger partial charge in [-0.05, 0) is 32.6 Å². The van der Waals surface area contributed by atoms with E-state index in [0.717, 1.165) is 55.5 Å². The highest BCUT2D eigenvalue weighted by atomic mass is 127. The van der Waals surface area contributed by atoms with Crippen LogP contribution in [0.5, 0.6) is 0 Å². The highest BCUT2D eigenvalue weighted by Crippen LogP contribution is 2.30. The first kappa shape index (κ1) is 27.9. The number of amides is 1. The lowest BCUT2D eigenvalue weighted by molar-refractivity contribution is -0.140. The van der Waals surface area contributed by atoms with Crippen molar-refractivity contribution >= 4 is 47.2 Å². The second kappa shape index (κ2) is 13.4. The highest BCUT2D eigenvalue weighted by molar-refractivity contribution is 14.0. The van der Waals surface area contributed by atoms with Gasteiger partial charge in [-0.3, -0.25) is 9.79 Å². The normalized spacial score (nSPS) is 15.7. The quantitative estimate of drug-likeness (QED) is 0.276. The maximum atomic E-state index is 12.6. The molecule has 1 saturated heterocycles. The van der Waals surface area contributed by atoms with Crippen molar-refractivity contribution < 1.29 is 18.0 Å². The Hall–Kier alpha value is -1.11. The van der Waals surface area contributed by atoms with Crippen LogP contribution in [0.15, 0.2) is 10.4 Å². The van der Waals surface area contributed by atoms with E-state index >= 15 is 0 Å². The number of piperidine rings is 1. The predicted octanol–water partition coefficient (Wildman–Crippen LogP) is 4.30. The Morgan fingerprint density at radius 2 is 1.94 bits per heavy atom. The molecule has 0 radical (unpaired) electrons. The van der Waals surface area contributed by atoms with Crippen molar-refractivity contribution in [3.05, 3.63) is 16.1 Å². The molecule has 0 aliphatic carbocycles. The van der Waals surface area contributed by atoms with Crippen LogP contribution in [0.25, 0.3) is 0 Å². The summed E-state index contributed by atoms with van der Waals surface area (Å²) in [6.07, 6.45) is -0.614. The van der Waals surface area contributed by atoms with Gasteiger partial charge in [0.05, 0.1) is 5.01 Å². The number of halogens is 4. The van der Waals surface area contributed by atoms with Gasteiger partial charge in [-0.25, -0.2) is 4.98 Å². The monoisotopic (exact) mass is 575 g/mol. The Bertz CT molecular complexity index is 701. The molecule has 2 N–H and O–H groups in total. The Balaban J connectivity index is 0.00000480. The van der Waals surface area contributed by atoms with E-state index in [9.17, 15) is 18.0 Å². The minimum atomic E-state index is -4.40. The molecule has 1 aliphatic heterocycles. The lowest BCUT2D eigenvalue weighted by Crippen LogP contribution is -2.50. The predicted molar refractivity (Wildman–Crippen MR) is 129 cm³/mol. The fraction of sp³-hybridized carbons (Fsp3) is 0.750. The number of aliphatic imine (C=N–C) groups is 1. The zero-order valence-electron chi connectivity index (χ0n) is 18.3. The van der Waals surface area contributed by atoms with E-state index < -0.39 is 11.9 Å². The smallest absolute Gasteiger partial charge is 0.357 e. The van der Waals surface area contributed by atoms with E-state index in [4.69, 9.17) is 0 Å². The highest BCUT2D eigenvalue weighted by Gasteiger charge is 2.33. The fourth-order valence-corrected chi connectivity index (χ4v) is 4.27. The van der Waals surface area contributed by atoms with Crippen LogP contribution in [-0.4, -0.2) is 54.0 Å². The van der Waals surface area contributed by atoms with Crippen molar-refractivity contribution in [1.82, 2.24) is 20.5 Å². The molecule has 1 aliphatic rings. The van der Waals surface area contributed by atoms with Gasteiger partial charge in [0.25, 0.3) is 0 Å². The average Bonchev–Trinajstić information content (AvgIpc) is 3.19. The van der Waals surface area contributed by atoms with E-state index in [1.165, 1.54) is 0 Å². The lowest BCUT2D eigenvalue weighted by atomic mass is 9.98. The largest absolute Gasteiger partial charge is 0.434 e. The molecule has 0 atom stereocenters. The molecule has 1 amide bonds. The number of alkyl halides is 3. The second-order valence-corrected chi connectivity index (χ2v) is 8.33. The molecular weight excluding hydrogens is 542 g/mol. The zero-order chi connectivity index (χ0) is 22.1. The first-order chi connectivity index (χ1) is 14.3. The van der Waals surface area contributed by atoms with Crippen molar-refractivity contribution in [1.29, 1.82) is 0 Å². The first-order valence-electron chi connectivity index (χ1n) is 10.6. The van der Waals surface area contributed by atoms with E-state index in [1.807, 2.05) is 11.8 Å². The summed E-state index contributed by atoms with van der Waals surface area (Å²) in [6.45, 7) is 8.56. The third-order valence-corrected chi connectivity index (χ3v) is 6.17. The van der Waals surface area contributed by atoms with Crippen LogP contribution in [0, 0.1) is 5.92 Å². The third kappa shape index (κ3) is 8.74. The molecule has 0 unspecified atom stereocenters. The minimum absolute atomic E-state index is 0. The van der Waals surface area contributed by atoms with Crippen LogP contribution in [-0.2, 0) is 17.4 Å². The van der Waals surface area contributed by atoms with Gasteiger partial charge in [-0.1, -0.05) is 13.8 Å². The molecule has 1 aromatic heterocycles. The summed E-state index contributed by atoms with van der Waals surface area (Å²) in [5, 5.41) is 8.04. The maximum Gasteiger partial charge on any atom is 0.434 e. The number of thiazole rings is 1. The maximum absolute atomic E-state index is 12.6. The SMILES string of the molecule is CCNC(=NCCc1nc(C(F)(F)F)cs1)NC1CCN(C(=O)C(CC)CC)CC1.I. The Kier molecular flexibility index (Phi) is 12.1. The second-order valence-electron chi connectivity index (χ2n) is 7.39. The van der Waals surface area contributed by atoms with Gasteiger partial charge in [-0.15, -0.1) is 35.3 Å². The summed E-state index contributed by atoms with van der Waals surface area (Å²) in [5.41, 5.74) is -0.841. The van der Waals surface area contributed by atoms with Crippen molar-refractivity contribution in [3.63, 3.8) is 0 Å². The minimum Gasteiger partial charge on any atom is -0.357 e. The number of hydrogen-bond donors (Lipinski definition) is 2. The Morgan fingerprint density at radius 1 is 1.29 bits per heavy atom. The Morgan fingerprint density at radius 3 is 2.45 bits per heavy atom. The molecular formula is C20H33F3IN5OS. The van der Waals surface area contributed by atoms with Crippen molar-refractivity contribution in [2.45, 2.75) is 65.1 Å². The molecule has 6 nitrogen and oxygen atoms in total. The summed E-state index contributed by atoms with van der Waals surface area (Å²) in [6, 6.07) is 0.213. The van der Waals surface area contributed by atoms with Crippen molar-refractivity contribution in [2.75, 3.05) is 26.2 Å². The van der Waals surface area contributed by atoms with Gasteiger partial charge >= 0.3 is 6.18 Å². The fourth-order valence-electron chi connectivity index (χ4n) is 3.47. The lowest BCUT2D eigenvalue weighted by Gasteiger charge is -2.34. The van der Waals surface area contributed by atoms with Crippen LogP contribution in [0.3, 0.4) is 0 Å². The van der Waals surface area contributed by atoms with Crippen LogP contribution in [0.1, 0.15) is 57.2 Å². The standard InChI is InChI=1S/C20H32F3N5OS.HI/c1-4-14(5-2)18(29)28-11-8-15(9-12-28)26-19(24-6-3)25-10-7-17-27-16(13-30-17)20(21,22)23;/h13-15H,4-12H2,1-3H3,(H2,24,25,26);1H. The molecule has 0 saturated carbocycles. The summed E-state index contributed by atoms with van der Waals surface area (Å²) >= 11 is 1.01. The van der Waals surface area contributed by atoms with Crippen molar-refractivity contribution in [2.24, 2.45) is 10.9 Å². The molecule has 0 aromatic carbocycles. The summed E-state index contributed by atoms with van der Waals surface area (Å²) in [5.74, 6) is 1.01. The van der Waals surface area contributed by atoms with Gasteiger partial charge < -0.3 is 15.5 Å². The van der Waals surface area contributed by atoms with Crippen LogP contribution in [0.4, 0.5) is 13.2 Å². The number of rotatable bonds is 8. The van der Waals surface area contributed by atoms with E-state index in [2.05, 4.69) is 34.5 Å². The molecule has 2 rings (SSSR count). The van der Waals surface area contributed by atoms with E-state index in [-0.39, 0.29) is 41.8 Å². The number of nitrogens with one attached hydrogen (secondary N) is 2. The summed E-state index contributed by atoms with van der Waals surface area (Å²) < 4.78 is 37.9. The molecule has 11 heteroatoms. The van der Waals surface area contributed by atoms with Gasteiger partial charge in [0, 0.05) is 49.9 Å². The number of aromatic nitrogens is 1. The summed E-state index contributed by atoms with van der Waals surface area (Å²) in [7, 11) is 0. The zero-order valence-corrected chi connectivity index (χ0v) is 21.4. The molecule has 1 aromatic rings. The Labute approximate surface area is 203 Å². The summed E-state index contributed by atoms with van der Waals surface area (Å²) in [4.78, 5) is 22.6. The topological polar surface area (TPSA) is 69.6 Å². The first-order valence-corrected chi connectivity index (χ1v) is 11.5. The van der Waals surface area contributed by atoms with E-state index in [1.54, 1.807) is 0 Å². The number of guanidine groups is 1. The number of nitrogens with zero attached hydrogens (tertiary/aromatic N) is 3. The number of likely N-dealkylation sites (tertiary alicyclic amines) is 1. The third-order valence-electron chi connectivity index (χ3n) is 5.26.